The average molecular weight is 464 g/mol. The molecule has 2 fully saturated rings. The van der Waals surface area contributed by atoms with E-state index in [2.05, 4.69) is 4.85 Å². The topological polar surface area (TPSA) is 107 Å². The van der Waals surface area contributed by atoms with Gasteiger partial charge >= 0.3 is 29.1 Å². The highest BCUT2D eigenvalue weighted by molar-refractivity contribution is 5.97. The Balaban J connectivity index is 1.72. The van der Waals surface area contributed by atoms with Gasteiger partial charge in [0.25, 0.3) is 0 Å². The van der Waals surface area contributed by atoms with Crippen molar-refractivity contribution in [3.63, 3.8) is 0 Å². The predicted molar refractivity (Wildman–Crippen MR) is 117 cm³/mol. The number of ether oxygens (including phenoxy) is 2. The second-order valence-electron chi connectivity index (χ2n) is 8.77. The minimum atomic E-state index is -2.21. The van der Waals surface area contributed by atoms with E-state index in [0.717, 1.165) is 0 Å². The van der Waals surface area contributed by atoms with Gasteiger partial charge in [-0.3, -0.25) is 19.3 Å². The number of amides is 1. The summed E-state index contributed by atoms with van der Waals surface area (Å²) in [6.07, 6.45) is -1.23. The molecule has 2 aliphatic heterocycles. The number of carbonyl (C=O) groups is 3. The Morgan fingerprint density at radius 1 is 1.12 bits per heavy atom. The van der Waals surface area contributed by atoms with Gasteiger partial charge in [0.15, 0.2) is 12.7 Å². The number of benzene rings is 2. The molecular formula is C25H24N2O7. The Labute approximate surface area is 196 Å². The number of hydroxylamine groups is 2. The monoisotopic (exact) mass is 464 g/mol. The van der Waals surface area contributed by atoms with Gasteiger partial charge in [0, 0.05) is 6.42 Å². The van der Waals surface area contributed by atoms with Crippen molar-refractivity contribution >= 4 is 17.8 Å². The Kier molecular flexibility index (Phi) is 5.89. The van der Waals surface area contributed by atoms with E-state index in [1.807, 2.05) is 12.1 Å². The lowest BCUT2D eigenvalue weighted by molar-refractivity contribution is -0.260. The van der Waals surface area contributed by atoms with Gasteiger partial charge in [-0.2, -0.15) is 5.06 Å². The number of cyclic esters (lactones) is 1. The fourth-order valence-electron chi connectivity index (χ4n) is 4.08. The molecule has 2 aromatic rings. The summed E-state index contributed by atoms with van der Waals surface area (Å²) in [5.41, 5.74) is -4.67. The Morgan fingerprint density at radius 3 is 2.09 bits per heavy atom. The zero-order valence-corrected chi connectivity index (χ0v) is 18.8. The van der Waals surface area contributed by atoms with Crippen LogP contribution >= 0.6 is 0 Å². The van der Waals surface area contributed by atoms with Crippen molar-refractivity contribution in [2.45, 2.75) is 49.7 Å². The van der Waals surface area contributed by atoms with Crippen molar-refractivity contribution in [1.82, 2.24) is 5.06 Å². The first-order valence-electron chi connectivity index (χ1n) is 10.8. The van der Waals surface area contributed by atoms with E-state index < -0.39 is 47.4 Å². The van der Waals surface area contributed by atoms with Crippen molar-refractivity contribution in [2.24, 2.45) is 0 Å². The molecule has 9 nitrogen and oxygen atoms in total. The van der Waals surface area contributed by atoms with Crippen molar-refractivity contribution in [3.05, 3.63) is 83.2 Å². The molecule has 0 spiro atoms. The van der Waals surface area contributed by atoms with Crippen molar-refractivity contribution < 1.29 is 33.8 Å². The van der Waals surface area contributed by atoms with Crippen molar-refractivity contribution in [3.8, 4) is 0 Å². The molecule has 2 saturated heterocycles. The molecule has 2 heterocycles. The number of hydrogen-bond acceptors (Lipinski definition) is 7. The first-order chi connectivity index (χ1) is 16.1. The molecule has 0 saturated carbocycles. The van der Waals surface area contributed by atoms with Gasteiger partial charge in [0.2, 0.25) is 0 Å². The van der Waals surface area contributed by atoms with Crippen LogP contribution in [0.5, 0.6) is 0 Å². The van der Waals surface area contributed by atoms with Gasteiger partial charge in [-0.15, -0.1) is 0 Å². The van der Waals surface area contributed by atoms with Crippen LogP contribution in [0.1, 0.15) is 43.9 Å². The standard InChI is InChI=1S/C25H24N2O7/c1-23(2,31)24(26-3)16-32-27(21(24)29)25(15-14-19(28)34-25)22(30)33-20(17-10-6-4-7-11-17)18-12-8-5-9-13-18/h4-13,20,31H,14-16H2,1-2H3. The molecule has 2 aliphatic rings. The maximum Gasteiger partial charge on any atom is 0.376 e. The number of esters is 2. The molecule has 4 rings (SSSR count). The minimum absolute atomic E-state index is 0.156. The lowest BCUT2D eigenvalue weighted by atomic mass is 9.83. The number of aliphatic hydroxyl groups is 1. The smallest absolute Gasteiger partial charge is 0.376 e. The molecule has 1 N–H and O–H groups in total. The summed E-state index contributed by atoms with van der Waals surface area (Å²) in [5, 5.41) is 11.2. The van der Waals surface area contributed by atoms with Gasteiger partial charge < -0.3 is 14.6 Å². The van der Waals surface area contributed by atoms with Gasteiger partial charge in [-0.25, -0.2) is 11.4 Å². The molecule has 0 radical (unpaired) electrons. The van der Waals surface area contributed by atoms with Crippen LogP contribution in [0.2, 0.25) is 0 Å². The van der Waals surface area contributed by atoms with Crippen LogP contribution < -0.4 is 0 Å². The number of hydrogen-bond donors (Lipinski definition) is 1. The van der Waals surface area contributed by atoms with E-state index in [1.54, 1.807) is 48.5 Å². The predicted octanol–water partition coefficient (Wildman–Crippen LogP) is 2.56. The Morgan fingerprint density at radius 2 is 1.68 bits per heavy atom. The van der Waals surface area contributed by atoms with Crippen LogP contribution in [0.3, 0.4) is 0 Å². The third kappa shape index (κ3) is 3.71. The highest BCUT2D eigenvalue weighted by Crippen LogP contribution is 2.43. The highest BCUT2D eigenvalue weighted by atomic mass is 16.8. The summed E-state index contributed by atoms with van der Waals surface area (Å²) >= 11 is 0. The zero-order valence-electron chi connectivity index (χ0n) is 18.8. The summed E-state index contributed by atoms with van der Waals surface area (Å²) in [7, 11) is 0. The first kappa shape index (κ1) is 23.4. The largest absolute Gasteiger partial charge is 0.448 e. The van der Waals surface area contributed by atoms with Gasteiger partial charge in [-0.05, 0) is 25.0 Å². The normalized spacial score (nSPS) is 24.7. The third-order valence-corrected chi connectivity index (χ3v) is 6.17. The first-order valence-corrected chi connectivity index (χ1v) is 10.8. The van der Waals surface area contributed by atoms with Crippen molar-refractivity contribution in [2.75, 3.05) is 6.61 Å². The lowest BCUT2D eigenvalue weighted by Gasteiger charge is -2.34. The molecule has 1 amide bonds. The van der Waals surface area contributed by atoms with E-state index in [-0.39, 0.29) is 12.8 Å². The molecular weight excluding hydrogens is 440 g/mol. The SMILES string of the molecule is [C-]#[N+]C1(C(C)(C)O)CON(C2(C(=O)OC(c3ccccc3)c3ccccc3)CCC(=O)O2)C1=O. The molecule has 9 heteroatoms. The van der Waals surface area contributed by atoms with Crippen LogP contribution in [0, 0.1) is 6.57 Å². The minimum Gasteiger partial charge on any atom is -0.448 e. The van der Waals surface area contributed by atoms with Crippen LogP contribution in [0.15, 0.2) is 60.7 Å². The van der Waals surface area contributed by atoms with Crippen LogP contribution in [0.4, 0.5) is 0 Å². The van der Waals surface area contributed by atoms with E-state index in [1.165, 1.54) is 13.8 Å². The molecule has 2 aromatic carbocycles. The summed E-state index contributed by atoms with van der Waals surface area (Å²) in [5.74, 6) is -2.70. The average Bonchev–Trinajstić information content (AvgIpc) is 3.39. The number of rotatable bonds is 6. The maximum atomic E-state index is 13.6. The highest BCUT2D eigenvalue weighted by Gasteiger charge is 2.71. The van der Waals surface area contributed by atoms with Crippen molar-refractivity contribution in [1.29, 1.82) is 0 Å². The number of nitrogens with zero attached hydrogens (tertiary/aromatic N) is 2. The molecule has 0 aromatic heterocycles. The van der Waals surface area contributed by atoms with Crippen LogP contribution in [-0.2, 0) is 28.7 Å². The Hall–Kier alpha value is -3.74. The van der Waals surface area contributed by atoms with E-state index in [4.69, 9.17) is 20.9 Å². The summed E-state index contributed by atoms with van der Waals surface area (Å²) in [6.45, 7) is 9.66. The van der Waals surface area contributed by atoms with Gasteiger partial charge in [0.05, 0.1) is 6.42 Å². The van der Waals surface area contributed by atoms with E-state index in [9.17, 15) is 19.5 Å². The van der Waals surface area contributed by atoms with E-state index >= 15 is 0 Å². The molecule has 0 bridgehead atoms. The van der Waals surface area contributed by atoms with Gasteiger partial charge in [-0.1, -0.05) is 60.7 Å². The van der Waals surface area contributed by atoms with Crippen LogP contribution in [-0.4, -0.2) is 51.5 Å². The fourth-order valence-corrected chi connectivity index (χ4v) is 4.08. The fraction of sp³-hybridized carbons (Fsp3) is 0.360. The molecule has 0 aliphatic carbocycles. The van der Waals surface area contributed by atoms with E-state index in [0.29, 0.717) is 16.2 Å². The second-order valence-corrected chi connectivity index (χ2v) is 8.77. The maximum absolute atomic E-state index is 13.6. The third-order valence-electron chi connectivity index (χ3n) is 6.17. The summed E-state index contributed by atoms with van der Waals surface area (Å²) < 4.78 is 11.2. The number of carbonyl (C=O) groups excluding carboxylic acids is 3. The second kappa shape index (κ2) is 8.56. The molecule has 2 unspecified atom stereocenters. The quantitative estimate of drug-likeness (QED) is 0.517. The van der Waals surface area contributed by atoms with Gasteiger partial charge in [0.1, 0.15) is 5.60 Å². The molecule has 34 heavy (non-hydrogen) atoms. The molecule has 2 atom stereocenters. The summed E-state index contributed by atoms with van der Waals surface area (Å²) in [4.78, 5) is 48.0. The summed E-state index contributed by atoms with van der Waals surface area (Å²) in [6, 6.07) is 18.0. The zero-order chi connectivity index (χ0) is 24.6. The lowest BCUT2D eigenvalue weighted by Crippen LogP contribution is -2.61. The molecule has 176 valence electrons. The Bertz CT molecular complexity index is 1100. The van der Waals surface area contributed by atoms with Crippen LogP contribution in [0.25, 0.3) is 4.85 Å².